The molecule has 0 amide bonds. The number of hydrogen-bond acceptors (Lipinski definition) is 8. The van der Waals surface area contributed by atoms with Crippen LogP contribution in [0.25, 0.3) is 0 Å². The normalized spacial score (nSPS) is 25.0. The van der Waals surface area contributed by atoms with Gasteiger partial charge in [-0.25, -0.2) is 15.0 Å². The van der Waals surface area contributed by atoms with Gasteiger partial charge in [-0.15, -0.1) is 0 Å². The zero-order chi connectivity index (χ0) is 32.5. The van der Waals surface area contributed by atoms with E-state index in [1.165, 1.54) is 20.1 Å². The molecule has 0 aromatic heterocycles. The zero-order valence-corrected chi connectivity index (χ0v) is 26.0. The number of alkyl halides is 3. The van der Waals surface area contributed by atoms with Crippen LogP contribution in [0.3, 0.4) is 0 Å². The summed E-state index contributed by atoms with van der Waals surface area (Å²) >= 11 is 0. The highest BCUT2D eigenvalue weighted by molar-refractivity contribution is 6.21. The monoisotopic (exact) mass is 620 g/mol. The second-order valence-corrected chi connectivity index (χ2v) is 12.1. The van der Waals surface area contributed by atoms with Crippen molar-refractivity contribution in [1.82, 2.24) is 5.32 Å². The number of ether oxygens (including phenoxy) is 1. The highest BCUT2D eigenvalue weighted by Gasteiger charge is 2.45. The fraction of sp³-hybridized carbons (Fsp3) is 0.412. The van der Waals surface area contributed by atoms with Crippen LogP contribution in [-0.4, -0.2) is 52.7 Å². The first-order valence-corrected chi connectivity index (χ1v) is 15.0. The molecule has 0 saturated carbocycles. The van der Waals surface area contributed by atoms with E-state index in [0.717, 1.165) is 28.0 Å². The van der Waals surface area contributed by atoms with E-state index in [1.807, 2.05) is 33.8 Å². The molecule has 0 spiro atoms. The van der Waals surface area contributed by atoms with Crippen molar-refractivity contribution < 1.29 is 32.9 Å². The van der Waals surface area contributed by atoms with Crippen molar-refractivity contribution in [2.24, 2.45) is 26.8 Å². The average molecular weight is 621 g/mol. The quantitative estimate of drug-likeness (QED) is 0.302. The fourth-order valence-electron chi connectivity index (χ4n) is 7.01. The third-order valence-electron chi connectivity index (χ3n) is 9.57. The number of carbonyl (C=O) groups excluding carboxylic acids is 1. The van der Waals surface area contributed by atoms with E-state index >= 15 is 0 Å². The molecule has 8 bridgehead atoms. The molecule has 6 rings (SSSR count). The maximum atomic E-state index is 14.0. The van der Waals surface area contributed by atoms with Gasteiger partial charge in [-0.1, -0.05) is 13.8 Å². The van der Waals surface area contributed by atoms with Crippen molar-refractivity contribution in [2.45, 2.75) is 72.6 Å². The largest absolute Gasteiger partial charge is 0.511 e. The smallest absolute Gasteiger partial charge is 0.418 e. The second kappa shape index (κ2) is 11.0. The van der Waals surface area contributed by atoms with E-state index in [2.05, 4.69) is 10.3 Å². The summed E-state index contributed by atoms with van der Waals surface area (Å²) in [7, 11) is 1.34. The minimum absolute atomic E-state index is 0.00301. The van der Waals surface area contributed by atoms with E-state index in [1.54, 1.807) is 6.08 Å². The van der Waals surface area contributed by atoms with Gasteiger partial charge in [-0.05, 0) is 74.1 Å². The fourth-order valence-corrected chi connectivity index (χ4v) is 7.01. The molecule has 1 aliphatic carbocycles. The molecule has 8 nitrogen and oxygen atoms in total. The van der Waals surface area contributed by atoms with Crippen LogP contribution in [0.5, 0.6) is 0 Å². The summed E-state index contributed by atoms with van der Waals surface area (Å²) < 4.78 is 46.8. The Morgan fingerprint density at radius 3 is 2.42 bits per heavy atom. The van der Waals surface area contributed by atoms with E-state index in [-0.39, 0.29) is 59.0 Å². The number of aliphatic hydroxyl groups is 2. The number of nitrogens with zero attached hydrogens (tertiary/aromatic N) is 3. The summed E-state index contributed by atoms with van der Waals surface area (Å²) in [4.78, 5) is 26.6. The van der Waals surface area contributed by atoms with Crippen LogP contribution < -0.4 is 5.32 Å². The Morgan fingerprint density at radius 1 is 1.07 bits per heavy atom. The number of hydrogen-bond donors (Lipinski definition) is 3. The molecule has 11 heteroatoms. The van der Waals surface area contributed by atoms with E-state index < -0.39 is 12.3 Å². The molecule has 1 saturated heterocycles. The number of fused-ring (bicyclic) bond motifs is 5. The Labute approximate surface area is 259 Å². The number of methoxy groups -OCH3 is 1. The molecule has 1 unspecified atom stereocenters. The van der Waals surface area contributed by atoms with Gasteiger partial charge in [0.15, 0.2) is 6.10 Å². The lowest BCUT2D eigenvalue weighted by atomic mass is 9.86. The first-order valence-electron chi connectivity index (χ1n) is 15.0. The summed E-state index contributed by atoms with van der Waals surface area (Å²) in [6, 6.07) is 0. The predicted octanol–water partition coefficient (Wildman–Crippen LogP) is 6.53. The minimum atomic E-state index is -4.90. The van der Waals surface area contributed by atoms with Crippen LogP contribution in [0.15, 0.2) is 106 Å². The number of allylic oxidation sites excluding steroid dienone is 11. The van der Waals surface area contributed by atoms with E-state index in [4.69, 9.17) is 14.7 Å². The summed E-state index contributed by atoms with van der Waals surface area (Å²) in [6.45, 7) is 9.25. The van der Waals surface area contributed by atoms with Gasteiger partial charge in [0.25, 0.3) is 0 Å². The first-order chi connectivity index (χ1) is 21.2. The summed E-state index contributed by atoms with van der Waals surface area (Å²) in [5, 5.41) is 25.2. The molecular formula is C34H35F3N4O4. The molecule has 1 fully saturated rings. The van der Waals surface area contributed by atoms with Crippen molar-refractivity contribution in [3.63, 3.8) is 0 Å². The maximum absolute atomic E-state index is 14.0. The average Bonchev–Trinajstić information content (AvgIpc) is 3.73. The maximum Gasteiger partial charge on any atom is 0.418 e. The third-order valence-corrected chi connectivity index (χ3v) is 9.57. The Kier molecular flexibility index (Phi) is 7.50. The van der Waals surface area contributed by atoms with Crippen LogP contribution in [0, 0.1) is 11.8 Å². The molecule has 45 heavy (non-hydrogen) atoms. The topological polar surface area (TPSA) is 116 Å². The number of aliphatic hydroxyl groups excluding tert-OH is 2. The zero-order valence-electron chi connectivity index (χ0n) is 26.0. The van der Waals surface area contributed by atoms with Gasteiger partial charge >= 0.3 is 12.1 Å². The van der Waals surface area contributed by atoms with Crippen molar-refractivity contribution in [1.29, 1.82) is 0 Å². The molecule has 3 atom stereocenters. The highest BCUT2D eigenvalue weighted by atomic mass is 19.4. The van der Waals surface area contributed by atoms with Crippen molar-refractivity contribution in [3.8, 4) is 0 Å². The highest BCUT2D eigenvalue weighted by Crippen LogP contribution is 2.47. The number of halogens is 3. The van der Waals surface area contributed by atoms with Crippen molar-refractivity contribution in [3.05, 3.63) is 91.5 Å². The van der Waals surface area contributed by atoms with Gasteiger partial charge in [-0.2, -0.15) is 13.2 Å². The van der Waals surface area contributed by atoms with Crippen molar-refractivity contribution >= 4 is 23.1 Å². The molecule has 5 heterocycles. The van der Waals surface area contributed by atoms with Crippen LogP contribution in [0.2, 0.25) is 0 Å². The summed E-state index contributed by atoms with van der Waals surface area (Å²) in [5.74, 6) is -0.531. The predicted molar refractivity (Wildman–Crippen MR) is 165 cm³/mol. The molecule has 0 aromatic carbocycles. The van der Waals surface area contributed by atoms with Crippen molar-refractivity contribution in [2.75, 3.05) is 7.11 Å². The number of rotatable bonds is 5. The molecule has 236 valence electrons. The third kappa shape index (κ3) is 4.97. The summed E-state index contributed by atoms with van der Waals surface area (Å²) in [5.41, 5.74) is 8.09. The number of carbonyl (C=O) groups is 1. The lowest BCUT2D eigenvalue weighted by Gasteiger charge is -2.18. The second-order valence-electron chi connectivity index (χ2n) is 12.1. The Hall–Kier alpha value is -4.25. The van der Waals surface area contributed by atoms with Gasteiger partial charge in [-0.3, -0.25) is 4.79 Å². The van der Waals surface area contributed by atoms with E-state index in [9.17, 15) is 28.2 Å². The molecule has 6 aliphatic rings. The number of nitrogens with one attached hydrogen (secondary N) is 1. The van der Waals surface area contributed by atoms with Gasteiger partial charge in [0.2, 0.25) is 0 Å². The van der Waals surface area contributed by atoms with Crippen LogP contribution in [-0.2, 0) is 9.53 Å². The number of aliphatic imine (C=N–C) groups is 3. The first kappa shape index (κ1) is 30.8. The molecule has 5 aliphatic heterocycles. The van der Waals surface area contributed by atoms with Gasteiger partial charge in [0, 0.05) is 52.8 Å². The van der Waals surface area contributed by atoms with Crippen LogP contribution in [0.1, 0.15) is 60.3 Å². The molecule has 3 N–H and O–H groups in total. The molecular weight excluding hydrogens is 585 g/mol. The lowest BCUT2D eigenvalue weighted by molar-refractivity contribution is -0.190. The Bertz CT molecular complexity index is 1790. The van der Waals surface area contributed by atoms with Crippen LogP contribution >= 0.6 is 0 Å². The molecule has 0 radical (unpaired) electrons. The molecule has 0 aromatic rings. The van der Waals surface area contributed by atoms with Gasteiger partial charge in [0.05, 0.1) is 41.3 Å². The lowest BCUT2D eigenvalue weighted by Crippen LogP contribution is -2.31. The minimum Gasteiger partial charge on any atom is -0.511 e. The Morgan fingerprint density at radius 2 is 1.76 bits per heavy atom. The standard InChI is InChI=1S/C34H35F3N4O4/c1-7-18-14(2)21-13-26-29(33(44)34(35,36)37)16(4)23(39-26)11-22-15(3)19(8-9-28(43)45-6)31(40-22)20-10-27(42)30-17(5)24(41-32(20)30)12-25(18)38-21/h11-13,15,19,33,40,42,44H,7-10H2,1-6H3/t15-,19-,33?/m0/s1. The number of esters is 1. The SMILES string of the molecule is CCC1=C(C)C2=NC1=CC1=C(C)C3=C(O)CC(=C4NC(=CC5=NC(=C2)C(C(O)C(F)(F)F)=C5C)[C@@H](C)[C@@H]4CCC(=O)OC)C3=N1. The Balaban J connectivity index is 1.61. The van der Waals surface area contributed by atoms with Gasteiger partial charge < -0.3 is 20.3 Å². The van der Waals surface area contributed by atoms with Gasteiger partial charge in [0.1, 0.15) is 5.76 Å². The summed E-state index contributed by atoms with van der Waals surface area (Å²) in [6.07, 6.45) is -1.09. The van der Waals surface area contributed by atoms with E-state index in [0.29, 0.717) is 46.9 Å². The van der Waals surface area contributed by atoms with Crippen LogP contribution in [0.4, 0.5) is 13.2 Å².